The molecule has 34 heavy (non-hydrogen) atoms. The highest BCUT2D eigenvalue weighted by atomic mass is 32.2. The summed E-state index contributed by atoms with van der Waals surface area (Å²) in [6.45, 7) is 1.95. The van der Waals surface area contributed by atoms with Crippen LogP contribution in [0.4, 0.5) is 20.2 Å². The Morgan fingerprint density at radius 2 is 1.65 bits per heavy atom. The second kappa shape index (κ2) is 9.89. The van der Waals surface area contributed by atoms with Crippen LogP contribution in [-0.2, 0) is 16.0 Å². The van der Waals surface area contributed by atoms with Gasteiger partial charge in [-0.2, -0.15) is 5.26 Å². The normalized spacial score (nSPS) is 16.8. The lowest BCUT2D eigenvalue weighted by atomic mass is 10.0. The molecule has 8 heteroatoms. The molecule has 1 heterocycles. The SMILES string of the molecule is Cc1ccccc1C[C@@H]1S/C(=C(\C#N)C(=O)Nc2ccc(F)cc2)N(c2ccc(F)cc2)C1=O. The molecule has 4 rings (SSSR count). The highest BCUT2D eigenvalue weighted by molar-refractivity contribution is 8.05. The Bertz CT molecular complexity index is 1320. The van der Waals surface area contributed by atoms with Crippen molar-refractivity contribution in [1.29, 1.82) is 5.26 Å². The van der Waals surface area contributed by atoms with Crippen molar-refractivity contribution in [1.82, 2.24) is 0 Å². The molecule has 1 atom stereocenters. The molecule has 1 fully saturated rings. The molecule has 1 saturated heterocycles. The van der Waals surface area contributed by atoms with Crippen LogP contribution in [0.15, 0.2) is 83.4 Å². The van der Waals surface area contributed by atoms with Crippen LogP contribution in [0, 0.1) is 29.9 Å². The minimum absolute atomic E-state index is 0.164. The Balaban J connectivity index is 1.73. The molecular formula is C26H19F2N3O2S. The van der Waals surface area contributed by atoms with Crippen LogP contribution in [-0.4, -0.2) is 17.1 Å². The van der Waals surface area contributed by atoms with Crippen molar-refractivity contribution in [3.63, 3.8) is 0 Å². The fraction of sp³-hybridized carbons (Fsp3) is 0.115. The number of carbonyl (C=O) groups excluding carboxylic acids is 2. The van der Waals surface area contributed by atoms with Crippen LogP contribution in [0.5, 0.6) is 0 Å². The maximum atomic E-state index is 13.5. The monoisotopic (exact) mass is 475 g/mol. The number of rotatable bonds is 5. The van der Waals surface area contributed by atoms with Gasteiger partial charge in [-0.05, 0) is 73.0 Å². The maximum absolute atomic E-state index is 13.5. The average molecular weight is 476 g/mol. The fourth-order valence-electron chi connectivity index (χ4n) is 3.58. The van der Waals surface area contributed by atoms with Crippen molar-refractivity contribution >= 4 is 35.0 Å². The van der Waals surface area contributed by atoms with Crippen molar-refractivity contribution < 1.29 is 18.4 Å². The molecule has 170 valence electrons. The summed E-state index contributed by atoms with van der Waals surface area (Å²) in [6, 6.07) is 20.0. The number of amides is 2. The number of benzene rings is 3. The molecule has 3 aromatic carbocycles. The standard InChI is InChI=1S/C26H19F2N3O2S/c1-16-4-2-3-5-17(16)14-23-25(33)31(21-12-8-19(28)9-13-21)26(34-23)22(15-29)24(32)30-20-10-6-18(27)7-11-20/h2-13,23H,14H2,1H3,(H,30,32)/b26-22+/t23-/m0/s1. The minimum Gasteiger partial charge on any atom is -0.321 e. The van der Waals surface area contributed by atoms with Crippen molar-refractivity contribution in [2.75, 3.05) is 10.2 Å². The first-order valence-electron chi connectivity index (χ1n) is 10.4. The van der Waals surface area contributed by atoms with Crippen LogP contribution < -0.4 is 10.2 Å². The Labute approximate surface area is 199 Å². The Hall–Kier alpha value is -3.96. The van der Waals surface area contributed by atoms with Crippen LogP contribution in [0.2, 0.25) is 0 Å². The number of aryl methyl sites for hydroxylation is 1. The van der Waals surface area contributed by atoms with Crippen LogP contribution in [0.3, 0.4) is 0 Å². The van der Waals surface area contributed by atoms with E-state index in [9.17, 15) is 23.6 Å². The summed E-state index contributed by atoms with van der Waals surface area (Å²) in [5.41, 5.74) is 2.39. The first kappa shape index (κ1) is 23.2. The second-order valence-electron chi connectivity index (χ2n) is 7.64. The Morgan fingerprint density at radius 3 is 2.26 bits per heavy atom. The van der Waals surface area contributed by atoms with Gasteiger partial charge in [-0.25, -0.2) is 8.78 Å². The molecule has 0 aliphatic carbocycles. The van der Waals surface area contributed by atoms with Gasteiger partial charge in [0, 0.05) is 11.4 Å². The van der Waals surface area contributed by atoms with Crippen molar-refractivity contribution in [3.05, 3.63) is 106 Å². The van der Waals surface area contributed by atoms with Gasteiger partial charge in [0.15, 0.2) is 0 Å². The third kappa shape index (κ3) is 4.85. The van der Waals surface area contributed by atoms with Gasteiger partial charge in [0.2, 0.25) is 5.91 Å². The van der Waals surface area contributed by atoms with E-state index in [0.717, 1.165) is 22.9 Å². The Morgan fingerprint density at radius 1 is 1.03 bits per heavy atom. The summed E-state index contributed by atoms with van der Waals surface area (Å²) >= 11 is 1.12. The van der Waals surface area contributed by atoms with Gasteiger partial charge in [0.1, 0.15) is 28.3 Å². The molecule has 1 N–H and O–H groups in total. The maximum Gasteiger partial charge on any atom is 0.269 e. The third-order valence-corrected chi connectivity index (χ3v) is 6.62. The first-order chi connectivity index (χ1) is 16.4. The molecule has 1 aliphatic heterocycles. The lowest BCUT2D eigenvalue weighted by Gasteiger charge is -2.18. The number of thioether (sulfide) groups is 1. The molecule has 0 saturated carbocycles. The highest BCUT2D eigenvalue weighted by Crippen LogP contribution is 2.42. The molecule has 1 aliphatic rings. The van der Waals surface area contributed by atoms with Crippen molar-refractivity contribution in [2.45, 2.75) is 18.6 Å². The summed E-state index contributed by atoms with van der Waals surface area (Å²) in [5.74, 6) is -1.97. The number of hydrogen-bond donors (Lipinski definition) is 1. The summed E-state index contributed by atoms with van der Waals surface area (Å²) < 4.78 is 26.7. The minimum atomic E-state index is -0.729. The number of halogens is 2. The van der Waals surface area contributed by atoms with Gasteiger partial charge in [-0.3, -0.25) is 14.5 Å². The molecule has 0 spiro atoms. The summed E-state index contributed by atoms with van der Waals surface area (Å²) in [5, 5.41) is 12.0. The van der Waals surface area contributed by atoms with E-state index in [-0.39, 0.29) is 16.5 Å². The zero-order chi connectivity index (χ0) is 24.2. The molecule has 0 unspecified atom stereocenters. The van der Waals surface area contributed by atoms with Gasteiger partial charge in [0.05, 0.1) is 5.25 Å². The van der Waals surface area contributed by atoms with E-state index in [1.165, 1.54) is 53.4 Å². The largest absolute Gasteiger partial charge is 0.321 e. The third-order valence-electron chi connectivity index (χ3n) is 5.36. The summed E-state index contributed by atoms with van der Waals surface area (Å²) in [4.78, 5) is 27.7. The lowest BCUT2D eigenvalue weighted by molar-refractivity contribution is -0.117. The highest BCUT2D eigenvalue weighted by Gasteiger charge is 2.41. The number of anilines is 2. The Kier molecular flexibility index (Phi) is 6.75. The molecule has 0 aromatic heterocycles. The summed E-state index contributed by atoms with van der Waals surface area (Å²) in [7, 11) is 0. The number of nitrogens with one attached hydrogen (secondary N) is 1. The smallest absolute Gasteiger partial charge is 0.269 e. The fourth-order valence-corrected chi connectivity index (χ4v) is 4.87. The second-order valence-corrected chi connectivity index (χ2v) is 8.83. The average Bonchev–Trinajstić information content (AvgIpc) is 3.13. The quantitative estimate of drug-likeness (QED) is 0.400. The zero-order valence-corrected chi connectivity index (χ0v) is 18.9. The number of nitriles is 1. The van der Waals surface area contributed by atoms with Crippen LogP contribution >= 0.6 is 11.8 Å². The molecule has 0 bridgehead atoms. The van der Waals surface area contributed by atoms with E-state index < -0.39 is 22.8 Å². The van der Waals surface area contributed by atoms with Gasteiger partial charge < -0.3 is 5.32 Å². The topological polar surface area (TPSA) is 73.2 Å². The molecule has 3 aromatic rings. The summed E-state index contributed by atoms with van der Waals surface area (Å²) in [6.07, 6.45) is 0.398. The predicted octanol–water partition coefficient (Wildman–Crippen LogP) is 5.34. The van der Waals surface area contributed by atoms with Crippen LogP contribution in [0.25, 0.3) is 0 Å². The van der Waals surface area contributed by atoms with E-state index in [4.69, 9.17) is 0 Å². The van der Waals surface area contributed by atoms with E-state index in [1.807, 2.05) is 37.3 Å². The number of hydrogen-bond acceptors (Lipinski definition) is 4. The van der Waals surface area contributed by atoms with Gasteiger partial charge in [-0.15, -0.1) is 0 Å². The van der Waals surface area contributed by atoms with E-state index in [1.54, 1.807) is 0 Å². The molecule has 5 nitrogen and oxygen atoms in total. The zero-order valence-electron chi connectivity index (χ0n) is 18.1. The first-order valence-corrected chi connectivity index (χ1v) is 11.3. The molecule has 2 amide bonds. The van der Waals surface area contributed by atoms with E-state index >= 15 is 0 Å². The molecular weight excluding hydrogens is 456 g/mol. The van der Waals surface area contributed by atoms with Crippen LogP contribution in [0.1, 0.15) is 11.1 Å². The van der Waals surface area contributed by atoms with Gasteiger partial charge >= 0.3 is 0 Å². The van der Waals surface area contributed by atoms with Crippen molar-refractivity contribution in [2.24, 2.45) is 0 Å². The van der Waals surface area contributed by atoms with Gasteiger partial charge in [-0.1, -0.05) is 36.0 Å². The predicted molar refractivity (Wildman–Crippen MR) is 128 cm³/mol. The number of carbonyl (C=O) groups is 2. The van der Waals surface area contributed by atoms with E-state index in [0.29, 0.717) is 17.8 Å². The van der Waals surface area contributed by atoms with E-state index in [2.05, 4.69) is 5.32 Å². The number of nitrogens with zero attached hydrogens (tertiary/aromatic N) is 2. The van der Waals surface area contributed by atoms with Crippen molar-refractivity contribution in [3.8, 4) is 6.07 Å². The van der Waals surface area contributed by atoms with Gasteiger partial charge in [0.25, 0.3) is 5.91 Å². The lowest BCUT2D eigenvalue weighted by Crippen LogP contribution is -2.31. The molecule has 0 radical (unpaired) electrons.